The van der Waals surface area contributed by atoms with E-state index in [1.165, 1.54) is 35.8 Å². The Morgan fingerprint density at radius 3 is 2.50 bits per heavy atom. The quantitative estimate of drug-likeness (QED) is 0.729. The zero-order valence-corrected chi connectivity index (χ0v) is 14.2. The SMILES string of the molecule is O=C1CC(c2ccc(C(=O)O)cc2)c2snc(-c3ccc(F)cc3)c2N1. The van der Waals surface area contributed by atoms with Crippen molar-refractivity contribution in [3.63, 3.8) is 0 Å². The topological polar surface area (TPSA) is 79.3 Å². The van der Waals surface area contributed by atoms with E-state index in [9.17, 15) is 14.0 Å². The van der Waals surface area contributed by atoms with Gasteiger partial charge in [-0.1, -0.05) is 12.1 Å². The number of hydrogen-bond acceptors (Lipinski definition) is 4. The van der Waals surface area contributed by atoms with Crippen molar-refractivity contribution in [2.24, 2.45) is 0 Å². The molecule has 7 heteroatoms. The molecule has 4 rings (SSSR count). The molecule has 0 spiro atoms. The molecule has 5 nitrogen and oxygen atoms in total. The van der Waals surface area contributed by atoms with Crippen LogP contribution in [0.25, 0.3) is 11.3 Å². The summed E-state index contributed by atoms with van der Waals surface area (Å²) in [5, 5.41) is 11.9. The smallest absolute Gasteiger partial charge is 0.335 e. The summed E-state index contributed by atoms with van der Waals surface area (Å²) in [5.74, 6) is -1.64. The van der Waals surface area contributed by atoms with Crippen molar-refractivity contribution >= 4 is 29.1 Å². The molecule has 0 aliphatic carbocycles. The predicted molar refractivity (Wildman–Crippen MR) is 96.0 cm³/mol. The second kappa shape index (κ2) is 6.34. The molecular formula is C19H13FN2O3S. The van der Waals surface area contributed by atoms with Crippen molar-refractivity contribution in [3.05, 3.63) is 70.4 Å². The number of rotatable bonds is 3. The lowest BCUT2D eigenvalue weighted by Gasteiger charge is -2.23. The van der Waals surface area contributed by atoms with Gasteiger partial charge < -0.3 is 10.4 Å². The molecule has 26 heavy (non-hydrogen) atoms. The monoisotopic (exact) mass is 368 g/mol. The van der Waals surface area contributed by atoms with Crippen LogP contribution in [0.2, 0.25) is 0 Å². The number of aromatic nitrogens is 1. The van der Waals surface area contributed by atoms with Crippen LogP contribution < -0.4 is 5.32 Å². The number of anilines is 1. The molecule has 130 valence electrons. The van der Waals surface area contributed by atoms with Crippen LogP contribution in [-0.4, -0.2) is 21.4 Å². The first kappa shape index (κ1) is 16.4. The van der Waals surface area contributed by atoms with Gasteiger partial charge in [-0.05, 0) is 53.5 Å². The highest BCUT2D eigenvalue weighted by molar-refractivity contribution is 7.07. The number of carbonyl (C=O) groups is 2. The summed E-state index contributed by atoms with van der Waals surface area (Å²) in [5.41, 5.74) is 3.05. The highest BCUT2D eigenvalue weighted by Gasteiger charge is 2.31. The van der Waals surface area contributed by atoms with Crippen molar-refractivity contribution in [2.75, 3.05) is 5.32 Å². The lowest BCUT2D eigenvalue weighted by molar-refractivity contribution is -0.116. The fourth-order valence-corrected chi connectivity index (χ4v) is 4.03. The van der Waals surface area contributed by atoms with Gasteiger partial charge in [0, 0.05) is 17.9 Å². The Kier molecular flexibility index (Phi) is 4.00. The minimum Gasteiger partial charge on any atom is -0.478 e. The Hall–Kier alpha value is -3.06. The van der Waals surface area contributed by atoms with Crippen LogP contribution in [0.4, 0.5) is 10.1 Å². The summed E-state index contributed by atoms with van der Waals surface area (Å²) in [6.07, 6.45) is 0.268. The number of amides is 1. The van der Waals surface area contributed by atoms with E-state index in [2.05, 4.69) is 9.69 Å². The van der Waals surface area contributed by atoms with Crippen LogP contribution >= 0.6 is 11.5 Å². The minimum absolute atomic E-state index is 0.131. The minimum atomic E-state index is -0.991. The molecule has 1 aliphatic heterocycles. The standard InChI is InChI=1S/C19H13FN2O3S/c20-13-7-5-11(6-8-13)16-17-18(26-22-16)14(9-15(23)21-17)10-1-3-12(4-2-10)19(24)25/h1-8,14H,9H2,(H,21,23)(H,24,25). The van der Waals surface area contributed by atoms with Crippen molar-refractivity contribution in [1.82, 2.24) is 4.37 Å². The average molecular weight is 368 g/mol. The third kappa shape index (κ3) is 2.86. The van der Waals surface area contributed by atoms with E-state index in [0.29, 0.717) is 11.4 Å². The van der Waals surface area contributed by atoms with Crippen molar-refractivity contribution in [3.8, 4) is 11.3 Å². The Labute approximate surface area is 152 Å². The van der Waals surface area contributed by atoms with Gasteiger partial charge in [0.1, 0.15) is 11.5 Å². The highest BCUT2D eigenvalue weighted by Crippen LogP contribution is 2.44. The molecule has 0 saturated carbocycles. The fraction of sp³-hybridized carbons (Fsp3) is 0.105. The van der Waals surface area contributed by atoms with Crippen LogP contribution in [-0.2, 0) is 4.79 Å². The number of nitrogens with zero attached hydrogens (tertiary/aromatic N) is 1. The fourth-order valence-electron chi connectivity index (χ4n) is 3.06. The molecule has 1 amide bonds. The summed E-state index contributed by atoms with van der Waals surface area (Å²) in [6, 6.07) is 12.5. The van der Waals surface area contributed by atoms with Gasteiger partial charge in [0.2, 0.25) is 5.91 Å². The first-order valence-electron chi connectivity index (χ1n) is 7.91. The summed E-state index contributed by atoms with van der Waals surface area (Å²) in [6.45, 7) is 0. The average Bonchev–Trinajstić information content (AvgIpc) is 3.05. The zero-order valence-electron chi connectivity index (χ0n) is 13.4. The molecule has 1 unspecified atom stereocenters. The van der Waals surface area contributed by atoms with Gasteiger partial charge in [-0.15, -0.1) is 0 Å². The number of aromatic carboxylic acids is 1. The van der Waals surface area contributed by atoms with Crippen LogP contribution in [0.5, 0.6) is 0 Å². The Morgan fingerprint density at radius 2 is 1.85 bits per heavy atom. The largest absolute Gasteiger partial charge is 0.478 e. The number of carboxylic acids is 1. The van der Waals surface area contributed by atoms with Gasteiger partial charge >= 0.3 is 5.97 Å². The van der Waals surface area contributed by atoms with E-state index in [4.69, 9.17) is 5.11 Å². The predicted octanol–water partition coefficient (Wildman–Crippen LogP) is 4.12. The van der Waals surface area contributed by atoms with E-state index in [1.807, 2.05) is 0 Å². The highest BCUT2D eigenvalue weighted by atomic mass is 32.1. The second-order valence-corrected chi connectivity index (χ2v) is 6.81. The van der Waals surface area contributed by atoms with Crippen LogP contribution in [0.15, 0.2) is 48.5 Å². The number of hydrogen-bond donors (Lipinski definition) is 2. The number of benzene rings is 2. The third-order valence-corrected chi connectivity index (χ3v) is 5.33. The molecule has 2 aromatic carbocycles. The number of halogens is 1. The Morgan fingerprint density at radius 1 is 1.15 bits per heavy atom. The number of fused-ring (bicyclic) bond motifs is 1. The third-order valence-electron chi connectivity index (χ3n) is 4.37. The van der Waals surface area contributed by atoms with E-state index in [1.54, 1.807) is 24.3 Å². The Bertz CT molecular complexity index is 997. The van der Waals surface area contributed by atoms with Crippen LogP contribution in [0, 0.1) is 5.82 Å². The van der Waals surface area contributed by atoms with Gasteiger partial charge in [-0.25, -0.2) is 9.18 Å². The van der Waals surface area contributed by atoms with Crippen LogP contribution in [0.3, 0.4) is 0 Å². The van der Waals surface area contributed by atoms with Gasteiger partial charge in [0.05, 0.1) is 16.1 Å². The molecule has 2 heterocycles. The molecule has 0 radical (unpaired) electrons. The lowest BCUT2D eigenvalue weighted by Crippen LogP contribution is -2.22. The van der Waals surface area contributed by atoms with Crippen molar-refractivity contribution in [1.29, 1.82) is 0 Å². The molecule has 2 N–H and O–H groups in total. The van der Waals surface area contributed by atoms with E-state index in [0.717, 1.165) is 16.0 Å². The van der Waals surface area contributed by atoms with Gasteiger partial charge in [0.25, 0.3) is 0 Å². The zero-order chi connectivity index (χ0) is 18.3. The lowest BCUT2D eigenvalue weighted by atomic mass is 9.89. The summed E-state index contributed by atoms with van der Waals surface area (Å²) in [7, 11) is 0. The van der Waals surface area contributed by atoms with Gasteiger partial charge in [0.15, 0.2) is 0 Å². The second-order valence-electron chi connectivity index (χ2n) is 6.01. The molecular weight excluding hydrogens is 355 g/mol. The summed E-state index contributed by atoms with van der Waals surface area (Å²) in [4.78, 5) is 24.2. The van der Waals surface area contributed by atoms with Crippen molar-refractivity contribution in [2.45, 2.75) is 12.3 Å². The molecule has 1 aliphatic rings. The van der Waals surface area contributed by atoms with E-state index >= 15 is 0 Å². The number of carboxylic acid groups (broad SMARTS) is 1. The van der Waals surface area contributed by atoms with Gasteiger partial charge in [-0.3, -0.25) is 4.79 Å². The molecule has 1 atom stereocenters. The summed E-state index contributed by atoms with van der Waals surface area (Å²) >= 11 is 1.29. The van der Waals surface area contributed by atoms with Crippen LogP contribution in [0.1, 0.15) is 33.1 Å². The van der Waals surface area contributed by atoms with Gasteiger partial charge in [-0.2, -0.15) is 4.37 Å². The maximum absolute atomic E-state index is 13.2. The first-order chi connectivity index (χ1) is 12.5. The molecule has 0 fully saturated rings. The van der Waals surface area contributed by atoms with E-state index in [-0.39, 0.29) is 29.6 Å². The number of nitrogens with one attached hydrogen (secondary N) is 1. The Balaban J connectivity index is 1.76. The van der Waals surface area contributed by atoms with E-state index < -0.39 is 5.97 Å². The molecule has 0 saturated heterocycles. The van der Waals surface area contributed by atoms with Crippen molar-refractivity contribution < 1.29 is 19.1 Å². The molecule has 0 bridgehead atoms. The maximum Gasteiger partial charge on any atom is 0.335 e. The molecule has 3 aromatic rings. The summed E-state index contributed by atoms with van der Waals surface area (Å²) < 4.78 is 17.6. The first-order valence-corrected chi connectivity index (χ1v) is 8.69. The normalized spacial score (nSPS) is 16.0. The number of carbonyl (C=O) groups excluding carboxylic acids is 1. The molecule has 1 aromatic heterocycles. The maximum atomic E-state index is 13.2.